The number of rotatable bonds is 4. The van der Waals surface area contributed by atoms with Crippen LogP contribution in [-0.4, -0.2) is 52.4 Å². The minimum absolute atomic E-state index is 0.0589. The van der Waals surface area contributed by atoms with E-state index in [-0.39, 0.29) is 16.7 Å². The number of carbonyl (C=O) groups is 1. The highest BCUT2D eigenvalue weighted by Crippen LogP contribution is 2.34. The minimum Gasteiger partial charge on any atom is -0.493 e. The Balaban J connectivity index is 1.44. The number of anilines is 1. The summed E-state index contributed by atoms with van der Waals surface area (Å²) in [5.74, 6) is 1.41. The second-order valence-electron chi connectivity index (χ2n) is 7.66. The number of carbonyl (C=O) groups excluding carboxylic acids is 1. The average molecular weight is 444 g/mol. The van der Waals surface area contributed by atoms with Crippen molar-refractivity contribution in [2.45, 2.75) is 24.7 Å². The van der Waals surface area contributed by atoms with E-state index in [0.717, 1.165) is 5.56 Å². The summed E-state index contributed by atoms with van der Waals surface area (Å²) >= 11 is 0. The number of aryl methyl sites for hydroxylation is 1. The van der Waals surface area contributed by atoms with Crippen molar-refractivity contribution < 1.29 is 22.7 Å². The molecular formula is C22H25N3O5S. The molecule has 4 rings (SSSR count). The van der Waals surface area contributed by atoms with E-state index < -0.39 is 10.0 Å². The number of likely N-dealkylation sites (tertiary alicyclic amines) is 1. The van der Waals surface area contributed by atoms with Gasteiger partial charge in [-0.1, -0.05) is 12.1 Å². The van der Waals surface area contributed by atoms with E-state index >= 15 is 0 Å². The van der Waals surface area contributed by atoms with E-state index in [0.29, 0.717) is 54.5 Å². The van der Waals surface area contributed by atoms with Crippen LogP contribution < -0.4 is 14.8 Å². The summed E-state index contributed by atoms with van der Waals surface area (Å²) in [6.07, 6.45) is 1.22. The fourth-order valence-electron chi connectivity index (χ4n) is 4.02. The molecule has 2 aliphatic rings. The third kappa shape index (κ3) is 3.97. The lowest BCUT2D eigenvalue weighted by Gasteiger charge is -2.32. The summed E-state index contributed by atoms with van der Waals surface area (Å²) in [5, 5.41) is 3.00. The molecule has 2 heterocycles. The van der Waals surface area contributed by atoms with E-state index in [9.17, 15) is 13.2 Å². The van der Waals surface area contributed by atoms with Crippen LogP contribution in [0.5, 0.6) is 11.5 Å². The van der Waals surface area contributed by atoms with Crippen molar-refractivity contribution in [3.63, 3.8) is 0 Å². The molecule has 9 heteroatoms. The van der Waals surface area contributed by atoms with Crippen LogP contribution in [0.25, 0.3) is 0 Å². The number of ether oxygens (including phenoxy) is 2. The number of amidine groups is 1. The Morgan fingerprint density at radius 2 is 1.74 bits per heavy atom. The van der Waals surface area contributed by atoms with E-state index in [1.54, 1.807) is 44.6 Å². The van der Waals surface area contributed by atoms with Crippen LogP contribution in [0.15, 0.2) is 45.7 Å². The van der Waals surface area contributed by atoms with Crippen LogP contribution in [0.4, 0.5) is 5.69 Å². The quantitative estimate of drug-likeness (QED) is 0.781. The molecule has 164 valence electrons. The fraction of sp³-hybridized carbons (Fsp3) is 0.364. The largest absolute Gasteiger partial charge is 0.493 e. The van der Waals surface area contributed by atoms with Gasteiger partial charge in [-0.25, -0.2) is 0 Å². The van der Waals surface area contributed by atoms with Crippen LogP contribution in [0.2, 0.25) is 0 Å². The third-order valence-electron chi connectivity index (χ3n) is 5.77. The van der Waals surface area contributed by atoms with Crippen LogP contribution in [0.1, 0.15) is 24.0 Å². The summed E-state index contributed by atoms with van der Waals surface area (Å²) in [7, 11) is -0.522. The van der Waals surface area contributed by atoms with E-state index in [1.165, 1.54) is 0 Å². The number of benzene rings is 2. The summed E-state index contributed by atoms with van der Waals surface area (Å²) in [6.45, 7) is 3.02. The zero-order valence-corrected chi connectivity index (χ0v) is 18.5. The highest BCUT2D eigenvalue weighted by atomic mass is 32.2. The minimum atomic E-state index is -3.65. The van der Waals surface area contributed by atoms with Crippen molar-refractivity contribution in [3.8, 4) is 11.5 Å². The van der Waals surface area contributed by atoms with E-state index in [1.807, 2.05) is 17.9 Å². The molecule has 1 saturated heterocycles. The Bertz CT molecular complexity index is 1150. The maximum Gasteiger partial charge on any atom is 0.285 e. The summed E-state index contributed by atoms with van der Waals surface area (Å²) < 4.78 is 39.2. The van der Waals surface area contributed by atoms with Gasteiger partial charge >= 0.3 is 0 Å². The summed E-state index contributed by atoms with van der Waals surface area (Å²) in [6, 6.07) is 10.4. The molecule has 0 saturated carbocycles. The van der Waals surface area contributed by atoms with Crippen LogP contribution >= 0.6 is 0 Å². The molecule has 1 fully saturated rings. The molecule has 0 radical (unpaired) electrons. The molecule has 31 heavy (non-hydrogen) atoms. The fourth-order valence-corrected chi connectivity index (χ4v) is 5.25. The second-order valence-corrected chi connectivity index (χ2v) is 9.23. The summed E-state index contributed by atoms with van der Waals surface area (Å²) in [5.41, 5.74) is 2.20. The van der Waals surface area contributed by atoms with Gasteiger partial charge in [0.05, 0.1) is 14.2 Å². The van der Waals surface area contributed by atoms with Crippen molar-refractivity contribution in [2.24, 2.45) is 10.3 Å². The summed E-state index contributed by atoms with van der Waals surface area (Å²) in [4.78, 5) is 15.1. The van der Waals surface area contributed by atoms with Gasteiger partial charge in [0.2, 0.25) is 5.91 Å². The zero-order chi connectivity index (χ0) is 22.2. The first kappa shape index (κ1) is 21.2. The van der Waals surface area contributed by atoms with Crippen molar-refractivity contribution >= 4 is 27.5 Å². The van der Waals surface area contributed by atoms with Gasteiger partial charge in [-0.05, 0) is 43.5 Å². The van der Waals surface area contributed by atoms with Gasteiger partial charge in [-0.3, -0.25) is 4.79 Å². The van der Waals surface area contributed by atoms with Gasteiger partial charge in [-0.15, -0.1) is 4.40 Å². The monoisotopic (exact) mass is 443 g/mol. The van der Waals surface area contributed by atoms with Gasteiger partial charge < -0.3 is 19.7 Å². The van der Waals surface area contributed by atoms with Gasteiger partial charge in [0, 0.05) is 36.3 Å². The van der Waals surface area contributed by atoms with Crippen molar-refractivity contribution in [2.75, 3.05) is 32.6 Å². The van der Waals surface area contributed by atoms with E-state index in [2.05, 4.69) is 9.71 Å². The first-order chi connectivity index (χ1) is 14.8. The number of piperidine rings is 1. The normalized spacial score (nSPS) is 17.6. The lowest BCUT2D eigenvalue weighted by atomic mass is 9.95. The van der Waals surface area contributed by atoms with Gasteiger partial charge in [-0.2, -0.15) is 8.42 Å². The molecule has 1 amide bonds. The zero-order valence-electron chi connectivity index (χ0n) is 17.7. The molecule has 0 aromatic heterocycles. The highest BCUT2D eigenvalue weighted by Gasteiger charge is 2.34. The molecule has 2 aromatic rings. The Morgan fingerprint density at radius 1 is 1.10 bits per heavy atom. The number of hydrogen-bond donors (Lipinski definition) is 1. The Labute approximate surface area is 181 Å². The van der Waals surface area contributed by atoms with Gasteiger partial charge in [0.15, 0.2) is 17.3 Å². The smallest absolute Gasteiger partial charge is 0.285 e. The van der Waals surface area contributed by atoms with Crippen LogP contribution in [0.3, 0.4) is 0 Å². The predicted molar refractivity (Wildman–Crippen MR) is 117 cm³/mol. The Morgan fingerprint density at radius 3 is 2.42 bits per heavy atom. The molecule has 0 unspecified atom stereocenters. The maximum atomic E-state index is 12.9. The molecule has 0 spiro atoms. The number of methoxy groups -OCH3 is 2. The number of fused-ring (bicyclic) bond motifs is 1. The molecule has 2 aromatic carbocycles. The molecule has 0 bridgehead atoms. The maximum absolute atomic E-state index is 12.9. The first-order valence-corrected chi connectivity index (χ1v) is 11.5. The average Bonchev–Trinajstić information content (AvgIpc) is 3.06. The van der Waals surface area contributed by atoms with Crippen LogP contribution in [0, 0.1) is 12.8 Å². The highest BCUT2D eigenvalue weighted by molar-refractivity contribution is 7.90. The molecule has 2 aliphatic heterocycles. The number of amides is 1. The molecule has 0 aliphatic carbocycles. The molecule has 8 nitrogen and oxygen atoms in total. The van der Waals surface area contributed by atoms with E-state index in [4.69, 9.17) is 9.47 Å². The lowest BCUT2D eigenvalue weighted by Crippen LogP contribution is -2.41. The second kappa shape index (κ2) is 8.22. The third-order valence-corrected chi connectivity index (χ3v) is 7.09. The molecule has 0 atom stereocenters. The van der Waals surface area contributed by atoms with Crippen LogP contribution in [-0.2, 0) is 14.8 Å². The number of nitrogens with one attached hydrogen (secondary N) is 1. The number of hydrogen-bond acceptors (Lipinski definition) is 6. The van der Waals surface area contributed by atoms with Gasteiger partial charge in [0.25, 0.3) is 10.0 Å². The number of nitrogens with zero attached hydrogens (tertiary/aromatic N) is 2. The topological polar surface area (TPSA) is 97.3 Å². The first-order valence-electron chi connectivity index (χ1n) is 10.1. The Hall–Kier alpha value is -3.07. The molecule has 1 N–H and O–H groups in total. The number of sulfonamides is 1. The Kier molecular flexibility index (Phi) is 5.62. The van der Waals surface area contributed by atoms with Gasteiger partial charge in [0.1, 0.15) is 4.90 Å². The van der Waals surface area contributed by atoms with Crippen molar-refractivity contribution in [1.82, 2.24) is 4.90 Å². The lowest BCUT2D eigenvalue weighted by molar-refractivity contribution is -0.121. The van der Waals surface area contributed by atoms with Crippen molar-refractivity contribution in [3.05, 3.63) is 47.5 Å². The predicted octanol–water partition coefficient (Wildman–Crippen LogP) is 2.81. The standard InChI is InChI=1S/C22H25N3O5S/c1-14-12-18(29-2)19(30-3)13-17(14)23-22(26)15-8-10-25(11-9-15)21-16-6-4-5-7-20(16)31(27,28)24-21/h4-7,12-13,15H,8-11H2,1-3H3,(H,23,26). The molecular weight excluding hydrogens is 418 g/mol. The SMILES string of the molecule is COc1cc(C)c(NC(=O)C2CCN(C3=NS(=O)(=O)c4ccccc43)CC2)cc1OC. The van der Waals surface area contributed by atoms with Crippen molar-refractivity contribution in [1.29, 1.82) is 0 Å².